The van der Waals surface area contributed by atoms with Crippen molar-refractivity contribution in [3.63, 3.8) is 0 Å². The van der Waals surface area contributed by atoms with Crippen molar-refractivity contribution >= 4 is 11.6 Å². The summed E-state index contributed by atoms with van der Waals surface area (Å²) in [5, 5.41) is 9.24. The van der Waals surface area contributed by atoms with Gasteiger partial charge in [-0.3, -0.25) is 0 Å². The minimum Gasteiger partial charge on any atom is -0.391 e. The molecule has 0 aliphatic rings. The van der Waals surface area contributed by atoms with Gasteiger partial charge in [0.2, 0.25) is 0 Å². The molecule has 0 aliphatic heterocycles. The zero-order chi connectivity index (χ0) is 9.56. The third kappa shape index (κ3) is 5.81. The number of hydrogen-bond donors (Lipinski definition) is 1. The van der Waals surface area contributed by atoms with Gasteiger partial charge in [0.05, 0.1) is 6.10 Å². The number of halogens is 1. The fourth-order valence-electron chi connectivity index (χ4n) is 1.14. The molecule has 0 heterocycles. The molecule has 2 nitrogen and oxygen atoms in total. The van der Waals surface area contributed by atoms with Crippen LogP contribution in [0.15, 0.2) is 0 Å². The van der Waals surface area contributed by atoms with Crippen molar-refractivity contribution in [2.24, 2.45) is 5.92 Å². The number of rotatable bonds is 6. The van der Waals surface area contributed by atoms with E-state index in [0.717, 1.165) is 6.54 Å². The maximum absolute atomic E-state index is 9.24. The molecule has 0 radical (unpaired) electrons. The normalized spacial score (nSPS) is 16.5. The summed E-state index contributed by atoms with van der Waals surface area (Å²) in [5.74, 6) is 1.02. The van der Waals surface area contributed by atoms with Gasteiger partial charge < -0.3 is 10.0 Å². The van der Waals surface area contributed by atoms with Gasteiger partial charge in [0.1, 0.15) is 0 Å². The SMILES string of the molecule is CCC(C)CN(C)CC(O)CCl. The van der Waals surface area contributed by atoms with E-state index >= 15 is 0 Å². The van der Waals surface area contributed by atoms with Crippen LogP contribution >= 0.6 is 11.6 Å². The average molecular weight is 194 g/mol. The monoisotopic (exact) mass is 193 g/mol. The van der Waals surface area contributed by atoms with E-state index in [4.69, 9.17) is 11.6 Å². The van der Waals surface area contributed by atoms with Gasteiger partial charge in [-0.2, -0.15) is 0 Å². The van der Waals surface area contributed by atoms with Crippen LogP contribution in [0, 0.1) is 5.92 Å². The number of aliphatic hydroxyl groups is 1. The molecule has 0 rings (SSSR count). The highest BCUT2D eigenvalue weighted by Crippen LogP contribution is 2.03. The third-order valence-corrected chi connectivity index (χ3v) is 2.38. The van der Waals surface area contributed by atoms with Crippen molar-refractivity contribution in [3.05, 3.63) is 0 Å². The van der Waals surface area contributed by atoms with Crippen molar-refractivity contribution in [2.75, 3.05) is 26.0 Å². The van der Waals surface area contributed by atoms with E-state index < -0.39 is 0 Å². The van der Waals surface area contributed by atoms with Crippen LogP contribution in [0.2, 0.25) is 0 Å². The highest BCUT2D eigenvalue weighted by Gasteiger charge is 2.08. The quantitative estimate of drug-likeness (QED) is 0.648. The molecule has 0 saturated heterocycles. The van der Waals surface area contributed by atoms with Gasteiger partial charge in [0.25, 0.3) is 0 Å². The standard InChI is InChI=1S/C9H20ClNO/c1-4-8(2)6-11(3)7-9(12)5-10/h8-9,12H,4-7H2,1-3H3. The van der Waals surface area contributed by atoms with Crippen LogP contribution in [-0.2, 0) is 0 Å². The zero-order valence-electron chi connectivity index (χ0n) is 8.26. The lowest BCUT2D eigenvalue weighted by atomic mass is 10.1. The second-order valence-corrected chi connectivity index (χ2v) is 3.85. The van der Waals surface area contributed by atoms with Crippen LogP contribution < -0.4 is 0 Å². The van der Waals surface area contributed by atoms with Gasteiger partial charge in [-0.1, -0.05) is 20.3 Å². The molecule has 0 aliphatic carbocycles. The number of likely N-dealkylation sites (N-methyl/N-ethyl adjacent to an activating group) is 1. The van der Waals surface area contributed by atoms with Crippen LogP contribution in [0.1, 0.15) is 20.3 Å². The Balaban J connectivity index is 3.51. The first-order valence-electron chi connectivity index (χ1n) is 4.52. The van der Waals surface area contributed by atoms with E-state index in [1.54, 1.807) is 0 Å². The van der Waals surface area contributed by atoms with Gasteiger partial charge in [-0.15, -0.1) is 11.6 Å². The second kappa shape index (κ2) is 6.70. The molecular weight excluding hydrogens is 174 g/mol. The molecule has 12 heavy (non-hydrogen) atoms. The van der Waals surface area contributed by atoms with Gasteiger partial charge in [-0.25, -0.2) is 0 Å². The molecule has 0 aromatic heterocycles. The number of aliphatic hydroxyl groups excluding tert-OH is 1. The maximum atomic E-state index is 9.24. The Labute approximate surface area is 80.5 Å². The van der Waals surface area contributed by atoms with Crippen LogP contribution in [0.25, 0.3) is 0 Å². The van der Waals surface area contributed by atoms with Crippen LogP contribution in [0.4, 0.5) is 0 Å². The fourth-order valence-corrected chi connectivity index (χ4v) is 1.24. The van der Waals surface area contributed by atoms with Crippen LogP contribution in [0.5, 0.6) is 0 Å². The van der Waals surface area contributed by atoms with E-state index in [0.29, 0.717) is 18.3 Å². The number of hydrogen-bond acceptors (Lipinski definition) is 2. The largest absolute Gasteiger partial charge is 0.391 e. The molecule has 0 saturated carbocycles. The molecular formula is C9H20ClNO. The molecule has 0 fully saturated rings. The molecule has 0 bridgehead atoms. The Kier molecular flexibility index (Phi) is 6.81. The van der Waals surface area contributed by atoms with Crippen molar-refractivity contribution in [1.29, 1.82) is 0 Å². The fraction of sp³-hybridized carbons (Fsp3) is 1.00. The Morgan fingerprint density at radius 3 is 2.42 bits per heavy atom. The lowest BCUT2D eigenvalue weighted by molar-refractivity contribution is 0.135. The van der Waals surface area contributed by atoms with Gasteiger partial charge in [0, 0.05) is 19.0 Å². The lowest BCUT2D eigenvalue weighted by Gasteiger charge is -2.22. The van der Waals surface area contributed by atoms with Gasteiger partial charge >= 0.3 is 0 Å². The molecule has 1 N–H and O–H groups in total. The molecule has 3 heteroatoms. The highest BCUT2D eigenvalue weighted by molar-refractivity contribution is 6.18. The van der Waals surface area contributed by atoms with Crippen molar-refractivity contribution in [1.82, 2.24) is 4.90 Å². The first-order chi connectivity index (χ1) is 5.60. The predicted octanol–water partition coefficient (Wildman–Crippen LogP) is 1.56. The third-order valence-electron chi connectivity index (χ3n) is 2.02. The first-order valence-corrected chi connectivity index (χ1v) is 5.06. The van der Waals surface area contributed by atoms with Crippen molar-refractivity contribution in [3.8, 4) is 0 Å². The maximum Gasteiger partial charge on any atom is 0.0802 e. The highest BCUT2D eigenvalue weighted by atomic mass is 35.5. The van der Waals surface area contributed by atoms with E-state index in [2.05, 4.69) is 18.7 Å². The minimum absolute atomic E-state index is 0.324. The Morgan fingerprint density at radius 2 is 2.00 bits per heavy atom. The summed E-state index contributed by atoms with van der Waals surface area (Å²) in [7, 11) is 2.02. The summed E-state index contributed by atoms with van der Waals surface area (Å²) in [6.45, 7) is 6.10. The van der Waals surface area contributed by atoms with Gasteiger partial charge in [0.15, 0.2) is 0 Å². The molecule has 2 unspecified atom stereocenters. The summed E-state index contributed by atoms with van der Waals surface area (Å²) >= 11 is 5.49. The summed E-state index contributed by atoms with van der Waals surface area (Å²) in [6, 6.07) is 0. The van der Waals surface area contributed by atoms with Crippen molar-refractivity contribution < 1.29 is 5.11 Å². The van der Waals surface area contributed by atoms with Gasteiger partial charge in [-0.05, 0) is 13.0 Å². The number of nitrogens with zero attached hydrogens (tertiary/aromatic N) is 1. The smallest absolute Gasteiger partial charge is 0.0802 e. The molecule has 2 atom stereocenters. The summed E-state index contributed by atoms with van der Waals surface area (Å²) in [5.41, 5.74) is 0. The molecule has 74 valence electrons. The Morgan fingerprint density at radius 1 is 1.42 bits per heavy atom. The molecule has 0 amide bonds. The van der Waals surface area contributed by atoms with E-state index in [1.807, 2.05) is 7.05 Å². The van der Waals surface area contributed by atoms with Crippen LogP contribution in [-0.4, -0.2) is 42.1 Å². The predicted molar refractivity (Wildman–Crippen MR) is 53.7 cm³/mol. The molecule has 0 aromatic rings. The lowest BCUT2D eigenvalue weighted by Crippen LogP contribution is -2.33. The summed E-state index contributed by atoms with van der Waals surface area (Å²) < 4.78 is 0. The van der Waals surface area contributed by atoms with E-state index in [1.165, 1.54) is 6.42 Å². The summed E-state index contributed by atoms with van der Waals surface area (Å²) in [4.78, 5) is 2.13. The average Bonchev–Trinajstić information content (AvgIpc) is 2.03. The second-order valence-electron chi connectivity index (χ2n) is 3.54. The summed E-state index contributed by atoms with van der Waals surface area (Å²) in [6.07, 6.45) is 0.794. The zero-order valence-corrected chi connectivity index (χ0v) is 9.01. The first kappa shape index (κ1) is 12.2. The minimum atomic E-state index is -0.388. The number of alkyl halides is 1. The Bertz CT molecular complexity index is 98.7. The van der Waals surface area contributed by atoms with E-state index in [9.17, 15) is 5.11 Å². The van der Waals surface area contributed by atoms with E-state index in [-0.39, 0.29) is 6.10 Å². The molecule has 0 spiro atoms. The van der Waals surface area contributed by atoms with Crippen molar-refractivity contribution in [2.45, 2.75) is 26.4 Å². The topological polar surface area (TPSA) is 23.5 Å². The molecule has 0 aromatic carbocycles. The van der Waals surface area contributed by atoms with Crippen LogP contribution in [0.3, 0.4) is 0 Å². The Hall–Kier alpha value is 0.210.